The van der Waals surface area contributed by atoms with Crippen LogP contribution >= 0.6 is 0 Å². The molecule has 2 aromatic rings. The van der Waals surface area contributed by atoms with Crippen LogP contribution in [0.15, 0.2) is 47.5 Å². The monoisotopic (exact) mass is 289 g/mol. The zero-order valence-corrected chi connectivity index (χ0v) is 11.9. The lowest BCUT2D eigenvalue weighted by Gasteiger charge is -2.17. The number of aliphatic hydroxyl groups is 2. The molecule has 1 atom stereocenters. The summed E-state index contributed by atoms with van der Waals surface area (Å²) in [7, 11) is 0. The van der Waals surface area contributed by atoms with E-state index in [4.69, 9.17) is 14.9 Å². The number of hydrogen-bond acceptors (Lipinski definition) is 4. The van der Waals surface area contributed by atoms with Crippen molar-refractivity contribution in [3.63, 3.8) is 0 Å². The van der Waals surface area contributed by atoms with Gasteiger partial charge in [0, 0.05) is 17.4 Å². The third kappa shape index (κ3) is 3.93. The first-order chi connectivity index (χ1) is 9.97. The molecule has 0 saturated carbocycles. The highest BCUT2D eigenvalue weighted by Gasteiger charge is 2.13. The lowest BCUT2D eigenvalue weighted by atomic mass is 10.0. The number of aromatic nitrogens is 1. The molecule has 1 aromatic heterocycles. The topological polar surface area (TPSA) is 82.6 Å². The Hall–Kier alpha value is -2.11. The Balaban J connectivity index is 2.19. The summed E-state index contributed by atoms with van der Waals surface area (Å²) in [6.07, 6.45) is -0.544. The van der Waals surface area contributed by atoms with Gasteiger partial charge in [0.2, 0.25) is 0 Å². The van der Waals surface area contributed by atoms with Gasteiger partial charge in [-0.05, 0) is 25.0 Å². The maximum Gasteiger partial charge on any atom is 0.252 e. The number of H-pyrrole nitrogens is 1. The second-order valence-corrected chi connectivity index (χ2v) is 5.07. The molecule has 21 heavy (non-hydrogen) atoms. The summed E-state index contributed by atoms with van der Waals surface area (Å²) in [5.41, 5.74) is 0.459. The largest absolute Gasteiger partial charge is 0.461 e. The normalized spacial score (nSPS) is 12.6. The second kappa shape index (κ2) is 6.56. The molecule has 0 aliphatic rings. The van der Waals surface area contributed by atoms with Crippen molar-refractivity contribution >= 4 is 10.9 Å². The Bertz CT molecular complexity index is 690. The third-order valence-corrected chi connectivity index (χ3v) is 3.36. The van der Waals surface area contributed by atoms with E-state index in [1.165, 1.54) is 6.07 Å². The minimum Gasteiger partial charge on any atom is -0.461 e. The van der Waals surface area contributed by atoms with Crippen LogP contribution < -0.4 is 10.3 Å². The van der Waals surface area contributed by atoms with Crippen molar-refractivity contribution in [2.45, 2.75) is 26.1 Å². The Morgan fingerprint density at radius 1 is 1.33 bits per heavy atom. The van der Waals surface area contributed by atoms with Gasteiger partial charge in [-0.15, -0.1) is 0 Å². The highest BCUT2D eigenvalue weighted by molar-refractivity contribution is 5.84. The maximum absolute atomic E-state index is 11.6. The molecule has 2 rings (SSSR count). The molecule has 0 spiro atoms. The molecule has 1 heterocycles. The maximum atomic E-state index is 11.6. The highest BCUT2D eigenvalue weighted by Crippen LogP contribution is 2.26. The zero-order valence-electron chi connectivity index (χ0n) is 11.9. The summed E-state index contributed by atoms with van der Waals surface area (Å²) in [5.74, 6) is 0.895. The summed E-state index contributed by atoms with van der Waals surface area (Å²) in [5, 5.41) is 18.6. The van der Waals surface area contributed by atoms with E-state index >= 15 is 0 Å². The van der Waals surface area contributed by atoms with Gasteiger partial charge in [0.1, 0.15) is 5.75 Å². The smallest absolute Gasteiger partial charge is 0.252 e. The van der Waals surface area contributed by atoms with E-state index in [-0.39, 0.29) is 17.9 Å². The Labute approximate surface area is 122 Å². The van der Waals surface area contributed by atoms with E-state index in [2.05, 4.69) is 11.6 Å². The number of ether oxygens (including phenoxy) is 1. The molecule has 0 saturated heterocycles. The van der Waals surface area contributed by atoms with Gasteiger partial charge in [-0.2, -0.15) is 0 Å². The van der Waals surface area contributed by atoms with Crippen molar-refractivity contribution in [2.24, 2.45) is 5.92 Å². The molecule has 3 N–H and O–H groups in total. The summed E-state index contributed by atoms with van der Waals surface area (Å²) in [6, 6.07) is 8.75. The Morgan fingerprint density at radius 3 is 2.76 bits per heavy atom. The molecule has 0 amide bonds. The van der Waals surface area contributed by atoms with Crippen LogP contribution in [0.1, 0.15) is 19.8 Å². The molecule has 0 aliphatic carbocycles. The van der Waals surface area contributed by atoms with Crippen molar-refractivity contribution in [1.29, 1.82) is 0 Å². The Morgan fingerprint density at radius 2 is 2.05 bits per heavy atom. The lowest BCUT2D eigenvalue weighted by Crippen LogP contribution is -2.12. The van der Waals surface area contributed by atoms with Gasteiger partial charge in [-0.25, -0.2) is 0 Å². The van der Waals surface area contributed by atoms with Gasteiger partial charge >= 0.3 is 0 Å². The van der Waals surface area contributed by atoms with Crippen LogP contribution in [0, 0.1) is 5.92 Å². The SMILES string of the molecule is C=C(Oc1cc(=O)[nH]c2ccccc12)C(C)CCC(O)O. The fraction of sp³-hybridized carbons (Fsp3) is 0.312. The van der Waals surface area contributed by atoms with Crippen LogP contribution in [0.5, 0.6) is 5.75 Å². The Kier molecular flexibility index (Phi) is 4.77. The van der Waals surface area contributed by atoms with E-state index < -0.39 is 6.29 Å². The van der Waals surface area contributed by atoms with E-state index in [1.54, 1.807) is 6.07 Å². The average molecular weight is 289 g/mol. The first kappa shape index (κ1) is 15.3. The minimum absolute atomic E-state index is 0.0511. The van der Waals surface area contributed by atoms with Crippen LogP contribution in [0.4, 0.5) is 0 Å². The molecule has 112 valence electrons. The van der Waals surface area contributed by atoms with E-state index in [9.17, 15) is 4.79 Å². The summed E-state index contributed by atoms with van der Waals surface area (Å²) in [6.45, 7) is 5.76. The van der Waals surface area contributed by atoms with Crippen LogP contribution in [0.2, 0.25) is 0 Å². The van der Waals surface area contributed by atoms with Crippen LogP contribution in [-0.2, 0) is 0 Å². The number of fused-ring (bicyclic) bond motifs is 1. The number of aromatic amines is 1. The quantitative estimate of drug-likeness (QED) is 0.562. The molecule has 0 radical (unpaired) electrons. The summed E-state index contributed by atoms with van der Waals surface area (Å²) >= 11 is 0. The predicted molar refractivity (Wildman–Crippen MR) is 81.0 cm³/mol. The van der Waals surface area contributed by atoms with Crippen molar-refractivity contribution in [3.05, 3.63) is 53.0 Å². The van der Waals surface area contributed by atoms with Gasteiger partial charge in [0.15, 0.2) is 6.29 Å². The molecule has 1 unspecified atom stereocenters. The second-order valence-electron chi connectivity index (χ2n) is 5.07. The predicted octanol–water partition coefficient (Wildman–Crippen LogP) is 2.15. The van der Waals surface area contributed by atoms with E-state index in [0.29, 0.717) is 23.4 Å². The summed E-state index contributed by atoms with van der Waals surface area (Å²) < 4.78 is 5.72. The van der Waals surface area contributed by atoms with Gasteiger partial charge in [0.25, 0.3) is 5.56 Å². The van der Waals surface area contributed by atoms with Crippen molar-refractivity contribution < 1.29 is 14.9 Å². The van der Waals surface area contributed by atoms with Crippen molar-refractivity contribution in [3.8, 4) is 5.75 Å². The lowest BCUT2D eigenvalue weighted by molar-refractivity contribution is -0.0483. The number of hydrogen-bond donors (Lipinski definition) is 3. The van der Waals surface area contributed by atoms with E-state index in [1.807, 2.05) is 25.1 Å². The minimum atomic E-state index is -1.33. The van der Waals surface area contributed by atoms with Crippen molar-refractivity contribution in [2.75, 3.05) is 0 Å². The van der Waals surface area contributed by atoms with Gasteiger partial charge in [-0.1, -0.05) is 25.6 Å². The molecule has 5 nitrogen and oxygen atoms in total. The molecule has 0 fully saturated rings. The van der Waals surface area contributed by atoms with Gasteiger partial charge in [0.05, 0.1) is 11.3 Å². The molecular weight excluding hydrogens is 270 g/mol. The van der Waals surface area contributed by atoms with E-state index in [0.717, 1.165) is 5.39 Å². The van der Waals surface area contributed by atoms with Gasteiger partial charge < -0.3 is 19.9 Å². The highest BCUT2D eigenvalue weighted by atomic mass is 16.5. The third-order valence-electron chi connectivity index (χ3n) is 3.36. The number of benzene rings is 1. The summed E-state index contributed by atoms with van der Waals surface area (Å²) in [4.78, 5) is 14.4. The number of para-hydroxylation sites is 1. The molecule has 0 aliphatic heterocycles. The first-order valence-electron chi connectivity index (χ1n) is 6.82. The molecular formula is C16H19NO4. The number of aliphatic hydroxyl groups excluding tert-OH is 1. The number of nitrogens with one attached hydrogen (secondary N) is 1. The van der Waals surface area contributed by atoms with Gasteiger partial charge in [-0.3, -0.25) is 4.79 Å². The van der Waals surface area contributed by atoms with Crippen LogP contribution in [0.25, 0.3) is 10.9 Å². The number of pyridine rings is 1. The number of rotatable bonds is 6. The van der Waals surface area contributed by atoms with Crippen molar-refractivity contribution in [1.82, 2.24) is 4.98 Å². The first-order valence-corrected chi connectivity index (χ1v) is 6.82. The fourth-order valence-corrected chi connectivity index (χ4v) is 2.06. The molecule has 0 bridgehead atoms. The number of allylic oxidation sites excluding steroid dienone is 1. The van der Waals surface area contributed by atoms with Crippen LogP contribution in [-0.4, -0.2) is 21.5 Å². The average Bonchev–Trinajstić information content (AvgIpc) is 2.44. The standard InChI is InChI=1S/C16H19NO4/c1-10(7-8-16(19)20)11(2)21-14-9-15(18)17-13-6-4-3-5-12(13)14/h3-6,9-10,16,19-20H,2,7-8H2,1H3,(H,17,18). The zero-order chi connectivity index (χ0) is 15.4. The van der Waals surface area contributed by atoms with Crippen LogP contribution in [0.3, 0.4) is 0 Å². The molecule has 1 aromatic carbocycles. The molecule has 5 heteroatoms. The fourth-order valence-electron chi connectivity index (χ4n) is 2.06.